The van der Waals surface area contributed by atoms with Crippen LogP contribution in [0.2, 0.25) is 0 Å². The maximum Gasteiger partial charge on any atom is 0.248 e. The molecule has 0 saturated carbocycles. The van der Waals surface area contributed by atoms with Gasteiger partial charge < -0.3 is 15.5 Å². The number of hydrogen-bond acceptors (Lipinski definition) is 4. The summed E-state index contributed by atoms with van der Waals surface area (Å²) in [4.78, 5) is 27.8. The van der Waals surface area contributed by atoms with Crippen molar-refractivity contribution in [2.45, 2.75) is 32.2 Å². The summed E-state index contributed by atoms with van der Waals surface area (Å²) in [5, 5.41) is 0. The standard InChI is InChI=1S/C21H27N3O3/c1-27-19-6-4-16(11-18(19)17-8-9-23-21(26)12-17)14-24-10-2-3-15(13-24)5-7-20(22)25/h4,6,8-9,11-12,15H,2-3,5,7,10,13-14H2,1H3,(H2,22,25)(H,23,26). The lowest BCUT2D eigenvalue weighted by Gasteiger charge is -2.32. The van der Waals surface area contributed by atoms with E-state index in [4.69, 9.17) is 10.5 Å². The van der Waals surface area contributed by atoms with Crippen LogP contribution in [-0.2, 0) is 11.3 Å². The molecule has 3 rings (SSSR count). The van der Waals surface area contributed by atoms with Crippen molar-refractivity contribution in [3.63, 3.8) is 0 Å². The first-order chi connectivity index (χ1) is 13.0. The van der Waals surface area contributed by atoms with Crippen molar-refractivity contribution in [1.82, 2.24) is 9.88 Å². The van der Waals surface area contributed by atoms with Gasteiger partial charge >= 0.3 is 0 Å². The lowest BCUT2D eigenvalue weighted by molar-refractivity contribution is -0.118. The highest BCUT2D eigenvalue weighted by molar-refractivity contribution is 5.73. The zero-order valence-electron chi connectivity index (χ0n) is 15.7. The van der Waals surface area contributed by atoms with Crippen LogP contribution in [0.4, 0.5) is 0 Å². The summed E-state index contributed by atoms with van der Waals surface area (Å²) < 4.78 is 5.49. The smallest absolute Gasteiger partial charge is 0.248 e. The molecule has 1 fully saturated rings. The fourth-order valence-electron chi connectivity index (χ4n) is 3.83. The van der Waals surface area contributed by atoms with Crippen molar-refractivity contribution in [2.24, 2.45) is 11.7 Å². The summed E-state index contributed by atoms with van der Waals surface area (Å²) in [5.74, 6) is 1.06. The van der Waals surface area contributed by atoms with E-state index in [0.29, 0.717) is 12.3 Å². The molecule has 0 radical (unpaired) electrons. The second-order valence-electron chi connectivity index (χ2n) is 7.22. The third kappa shape index (κ3) is 5.20. The number of likely N-dealkylation sites (tertiary alicyclic amines) is 1. The van der Waals surface area contributed by atoms with Crippen molar-refractivity contribution in [3.05, 3.63) is 52.4 Å². The number of aromatic amines is 1. The van der Waals surface area contributed by atoms with Crippen molar-refractivity contribution in [3.8, 4) is 16.9 Å². The van der Waals surface area contributed by atoms with E-state index in [0.717, 1.165) is 55.8 Å². The molecule has 1 amide bonds. The molecule has 1 aromatic heterocycles. The Kier molecular flexibility index (Phi) is 6.29. The average Bonchev–Trinajstić information content (AvgIpc) is 2.66. The highest BCUT2D eigenvalue weighted by Crippen LogP contribution is 2.31. The minimum atomic E-state index is -0.218. The molecule has 0 spiro atoms. The van der Waals surface area contributed by atoms with Gasteiger partial charge in [-0.2, -0.15) is 0 Å². The summed E-state index contributed by atoms with van der Waals surface area (Å²) in [5.41, 5.74) is 8.10. The number of pyridine rings is 1. The van der Waals surface area contributed by atoms with Crippen LogP contribution >= 0.6 is 0 Å². The lowest BCUT2D eigenvalue weighted by Crippen LogP contribution is -2.35. The van der Waals surface area contributed by atoms with Gasteiger partial charge in [-0.1, -0.05) is 6.07 Å². The quantitative estimate of drug-likeness (QED) is 0.785. The Labute approximate surface area is 159 Å². The normalized spacial score (nSPS) is 17.6. The van der Waals surface area contributed by atoms with Gasteiger partial charge in [0.1, 0.15) is 5.75 Å². The molecule has 1 unspecified atom stereocenters. The molecule has 3 N–H and O–H groups in total. The maximum atomic E-state index is 11.7. The van der Waals surface area contributed by atoms with Crippen LogP contribution in [0.3, 0.4) is 0 Å². The van der Waals surface area contributed by atoms with Crippen molar-refractivity contribution in [2.75, 3.05) is 20.2 Å². The van der Waals surface area contributed by atoms with Crippen LogP contribution in [0.25, 0.3) is 11.1 Å². The van der Waals surface area contributed by atoms with E-state index in [2.05, 4.69) is 22.0 Å². The number of carbonyl (C=O) groups excluding carboxylic acids is 1. The largest absolute Gasteiger partial charge is 0.496 e. The second-order valence-corrected chi connectivity index (χ2v) is 7.22. The number of hydrogen-bond donors (Lipinski definition) is 2. The van der Waals surface area contributed by atoms with Crippen LogP contribution in [0.5, 0.6) is 5.75 Å². The molecule has 144 valence electrons. The first kappa shape index (κ1) is 19.2. The topological polar surface area (TPSA) is 88.4 Å². The third-order valence-electron chi connectivity index (χ3n) is 5.16. The number of nitrogens with zero attached hydrogens (tertiary/aromatic N) is 1. The summed E-state index contributed by atoms with van der Waals surface area (Å²) in [7, 11) is 1.64. The van der Waals surface area contributed by atoms with E-state index in [1.807, 2.05) is 12.1 Å². The predicted molar refractivity (Wildman–Crippen MR) is 105 cm³/mol. The number of benzene rings is 1. The number of primary amides is 1. The van der Waals surface area contributed by atoms with Crippen molar-refractivity contribution in [1.29, 1.82) is 0 Å². The third-order valence-corrected chi connectivity index (χ3v) is 5.16. The fraction of sp³-hybridized carbons (Fsp3) is 0.429. The Balaban J connectivity index is 1.74. The fourth-order valence-corrected chi connectivity index (χ4v) is 3.83. The monoisotopic (exact) mass is 369 g/mol. The molecular weight excluding hydrogens is 342 g/mol. The Morgan fingerprint density at radius 3 is 2.93 bits per heavy atom. The molecule has 1 saturated heterocycles. The van der Waals surface area contributed by atoms with Gasteiger partial charge in [-0.3, -0.25) is 14.5 Å². The summed E-state index contributed by atoms with van der Waals surface area (Å²) in [6.07, 6.45) is 5.28. The predicted octanol–water partition coefficient (Wildman–Crippen LogP) is 2.53. The maximum absolute atomic E-state index is 11.7. The summed E-state index contributed by atoms with van der Waals surface area (Å²) >= 11 is 0. The number of rotatable bonds is 7. The van der Waals surface area contributed by atoms with Crippen LogP contribution in [-0.4, -0.2) is 36.0 Å². The second kappa shape index (κ2) is 8.86. The number of amides is 1. The van der Waals surface area contributed by atoms with Crippen molar-refractivity contribution >= 4 is 5.91 Å². The van der Waals surface area contributed by atoms with Gasteiger partial charge in [0, 0.05) is 37.3 Å². The molecule has 2 heterocycles. The van der Waals surface area contributed by atoms with Gasteiger partial charge in [0.15, 0.2) is 0 Å². The van der Waals surface area contributed by atoms with Gasteiger partial charge in [0.05, 0.1) is 7.11 Å². The summed E-state index contributed by atoms with van der Waals surface area (Å²) in [6, 6.07) is 9.59. The number of nitrogens with one attached hydrogen (secondary N) is 1. The molecule has 2 aromatic rings. The molecule has 0 bridgehead atoms. The highest BCUT2D eigenvalue weighted by atomic mass is 16.5. The Hall–Kier alpha value is -2.60. The van der Waals surface area contributed by atoms with E-state index in [1.54, 1.807) is 19.4 Å². The van der Waals surface area contributed by atoms with E-state index in [-0.39, 0.29) is 11.5 Å². The first-order valence-corrected chi connectivity index (χ1v) is 9.42. The van der Waals surface area contributed by atoms with E-state index >= 15 is 0 Å². The molecule has 27 heavy (non-hydrogen) atoms. The number of ether oxygens (including phenoxy) is 1. The average molecular weight is 369 g/mol. The summed E-state index contributed by atoms with van der Waals surface area (Å²) in [6.45, 7) is 2.88. The van der Waals surface area contributed by atoms with Gasteiger partial charge in [0.2, 0.25) is 11.5 Å². The highest BCUT2D eigenvalue weighted by Gasteiger charge is 2.20. The minimum absolute atomic E-state index is 0.131. The molecule has 6 nitrogen and oxygen atoms in total. The van der Waals surface area contributed by atoms with Gasteiger partial charge in [-0.25, -0.2) is 0 Å². The minimum Gasteiger partial charge on any atom is -0.496 e. The molecule has 1 atom stereocenters. The lowest BCUT2D eigenvalue weighted by atomic mass is 9.93. The molecule has 6 heteroatoms. The van der Waals surface area contributed by atoms with Gasteiger partial charge in [0.25, 0.3) is 0 Å². The van der Waals surface area contributed by atoms with E-state index < -0.39 is 0 Å². The molecule has 1 aliphatic heterocycles. The molecular formula is C21H27N3O3. The van der Waals surface area contributed by atoms with E-state index in [1.165, 1.54) is 5.56 Å². The van der Waals surface area contributed by atoms with Gasteiger partial charge in [-0.15, -0.1) is 0 Å². The Bertz CT molecular complexity index is 847. The SMILES string of the molecule is COc1ccc(CN2CCCC(CCC(N)=O)C2)cc1-c1cc[nH]c(=O)c1. The zero-order valence-corrected chi connectivity index (χ0v) is 15.7. The first-order valence-electron chi connectivity index (χ1n) is 9.42. The molecule has 0 aliphatic carbocycles. The zero-order chi connectivity index (χ0) is 19.2. The van der Waals surface area contributed by atoms with Crippen LogP contribution in [0.15, 0.2) is 41.3 Å². The molecule has 1 aliphatic rings. The number of H-pyrrole nitrogens is 1. The number of aromatic nitrogens is 1. The number of piperidine rings is 1. The Morgan fingerprint density at radius 1 is 1.33 bits per heavy atom. The Morgan fingerprint density at radius 2 is 2.19 bits per heavy atom. The van der Waals surface area contributed by atoms with Crippen LogP contribution < -0.4 is 16.0 Å². The van der Waals surface area contributed by atoms with Crippen LogP contribution in [0.1, 0.15) is 31.2 Å². The van der Waals surface area contributed by atoms with Gasteiger partial charge in [-0.05, 0) is 61.1 Å². The van der Waals surface area contributed by atoms with Crippen molar-refractivity contribution < 1.29 is 9.53 Å². The molecule has 1 aromatic carbocycles. The number of carbonyl (C=O) groups is 1. The number of nitrogens with two attached hydrogens (primary N) is 1. The van der Waals surface area contributed by atoms with Crippen LogP contribution in [0, 0.1) is 5.92 Å². The number of methoxy groups -OCH3 is 1. The van der Waals surface area contributed by atoms with E-state index in [9.17, 15) is 9.59 Å².